The van der Waals surface area contributed by atoms with E-state index in [1.54, 1.807) is 13.0 Å². The van der Waals surface area contributed by atoms with Crippen LogP contribution in [0.5, 0.6) is 5.75 Å². The minimum Gasteiger partial charge on any atom is -0.508 e. The van der Waals surface area contributed by atoms with Gasteiger partial charge in [-0.15, -0.1) is 0 Å². The molecule has 4 nitrogen and oxygen atoms in total. The topological polar surface area (TPSA) is 43.8 Å². The van der Waals surface area contributed by atoms with Crippen molar-refractivity contribution in [2.24, 2.45) is 0 Å². The highest BCUT2D eigenvalue weighted by Gasteiger charge is 2.23. The van der Waals surface area contributed by atoms with Crippen LogP contribution in [0.1, 0.15) is 31.9 Å². The Morgan fingerprint density at radius 1 is 1.30 bits per heavy atom. The molecule has 0 saturated carbocycles. The molecule has 0 aliphatic carbocycles. The van der Waals surface area contributed by atoms with Crippen molar-refractivity contribution in [1.29, 1.82) is 0 Å². The highest BCUT2D eigenvalue weighted by atomic mass is 19.1. The van der Waals surface area contributed by atoms with Crippen molar-refractivity contribution in [3.63, 3.8) is 0 Å². The molecular formula is C15H21FN2O2. The molecule has 1 N–H and O–H groups in total. The monoisotopic (exact) mass is 280 g/mol. The first kappa shape index (κ1) is 14.8. The fraction of sp³-hybridized carbons (Fsp3) is 0.533. The van der Waals surface area contributed by atoms with Crippen LogP contribution in [0.15, 0.2) is 18.2 Å². The standard InChI is InChI=1S/C15H21FN2O2/c1-11(14-5-4-13(20)10-15(14)16)17-6-3-7-18(9-8-17)12(2)19/h4-5,10-11,20H,3,6-9H2,1-2H3. The van der Waals surface area contributed by atoms with E-state index in [0.29, 0.717) is 12.1 Å². The second-order valence-electron chi connectivity index (χ2n) is 5.28. The van der Waals surface area contributed by atoms with Gasteiger partial charge in [-0.25, -0.2) is 4.39 Å². The van der Waals surface area contributed by atoms with Gasteiger partial charge in [0.25, 0.3) is 0 Å². The van der Waals surface area contributed by atoms with E-state index in [1.807, 2.05) is 11.8 Å². The van der Waals surface area contributed by atoms with Gasteiger partial charge in [-0.2, -0.15) is 0 Å². The summed E-state index contributed by atoms with van der Waals surface area (Å²) < 4.78 is 13.9. The highest BCUT2D eigenvalue weighted by molar-refractivity contribution is 5.73. The molecule has 1 aliphatic heterocycles. The smallest absolute Gasteiger partial charge is 0.219 e. The molecule has 0 aromatic heterocycles. The van der Waals surface area contributed by atoms with E-state index < -0.39 is 0 Å². The summed E-state index contributed by atoms with van der Waals surface area (Å²) in [5, 5.41) is 9.27. The Bertz CT molecular complexity index is 493. The lowest BCUT2D eigenvalue weighted by molar-refractivity contribution is -0.128. The number of nitrogens with zero attached hydrogens (tertiary/aromatic N) is 2. The van der Waals surface area contributed by atoms with Crippen molar-refractivity contribution in [3.05, 3.63) is 29.6 Å². The number of carbonyl (C=O) groups is 1. The van der Waals surface area contributed by atoms with Gasteiger partial charge in [-0.05, 0) is 19.4 Å². The average molecular weight is 280 g/mol. The normalized spacial score (nSPS) is 18.6. The van der Waals surface area contributed by atoms with Crippen LogP contribution >= 0.6 is 0 Å². The van der Waals surface area contributed by atoms with E-state index in [1.165, 1.54) is 6.07 Å². The number of halogens is 1. The molecule has 1 unspecified atom stereocenters. The van der Waals surface area contributed by atoms with Gasteiger partial charge in [0.1, 0.15) is 11.6 Å². The van der Waals surface area contributed by atoms with Gasteiger partial charge in [-0.1, -0.05) is 6.07 Å². The molecule has 1 saturated heterocycles. The quantitative estimate of drug-likeness (QED) is 0.902. The Kier molecular flexibility index (Phi) is 4.60. The first-order valence-corrected chi connectivity index (χ1v) is 6.97. The van der Waals surface area contributed by atoms with Gasteiger partial charge in [0, 0.05) is 50.8 Å². The highest BCUT2D eigenvalue weighted by Crippen LogP contribution is 2.26. The number of amides is 1. The predicted octanol–water partition coefficient (Wildman–Crippen LogP) is 2.15. The van der Waals surface area contributed by atoms with Crippen molar-refractivity contribution in [2.75, 3.05) is 26.2 Å². The van der Waals surface area contributed by atoms with Crippen LogP contribution < -0.4 is 0 Å². The number of hydrogen-bond acceptors (Lipinski definition) is 3. The Hall–Kier alpha value is -1.62. The van der Waals surface area contributed by atoms with Gasteiger partial charge in [-0.3, -0.25) is 9.69 Å². The van der Waals surface area contributed by atoms with E-state index in [4.69, 9.17) is 0 Å². The summed E-state index contributed by atoms with van der Waals surface area (Å²) >= 11 is 0. The van der Waals surface area contributed by atoms with E-state index in [0.717, 1.165) is 32.1 Å². The van der Waals surface area contributed by atoms with Gasteiger partial charge in [0.2, 0.25) is 5.91 Å². The van der Waals surface area contributed by atoms with Crippen LogP contribution in [-0.4, -0.2) is 47.0 Å². The zero-order valence-corrected chi connectivity index (χ0v) is 12.0. The molecule has 110 valence electrons. The molecule has 5 heteroatoms. The Morgan fingerprint density at radius 3 is 2.70 bits per heavy atom. The summed E-state index contributed by atoms with van der Waals surface area (Å²) in [4.78, 5) is 15.4. The lowest BCUT2D eigenvalue weighted by Gasteiger charge is -2.28. The zero-order valence-electron chi connectivity index (χ0n) is 12.0. The summed E-state index contributed by atoms with van der Waals surface area (Å²) in [5.41, 5.74) is 0.582. The van der Waals surface area contributed by atoms with Crippen LogP contribution in [0, 0.1) is 5.82 Å². The van der Waals surface area contributed by atoms with Gasteiger partial charge in [0.15, 0.2) is 0 Å². The molecule has 1 amide bonds. The van der Waals surface area contributed by atoms with Crippen molar-refractivity contribution in [3.8, 4) is 5.75 Å². The Morgan fingerprint density at radius 2 is 2.05 bits per heavy atom. The first-order valence-electron chi connectivity index (χ1n) is 6.97. The van der Waals surface area contributed by atoms with Crippen molar-refractivity contribution in [2.45, 2.75) is 26.3 Å². The van der Waals surface area contributed by atoms with Crippen LogP contribution in [0.3, 0.4) is 0 Å². The zero-order chi connectivity index (χ0) is 14.7. The third-order valence-electron chi connectivity index (χ3n) is 3.96. The first-order chi connectivity index (χ1) is 9.49. The van der Waals surface area contributed by atoms with Crippen LogP contribution in [0.4, 0.5) is 4.39 Å². The second-order valence-corrected chi connectivity index (χ2v) is 5.28. The second kappa shape index (κ2) is 6.22. The number of phenolic OH excluding ortho intramolecular Hbond substituents is 1. The molecule has 0 spiro atoms. The molecule has 1 heterocycles. The van der Waals surface area contributed by atoms with Gasteiger partial charge in [0.05, 0.1) is 0 Å². The van der Waals surface area contributed by atoms with Crippen LogP contribution in [-0.2, 0) is 4.79 Å². The largest absolute Gasteiger partial charge is 0.508 e. The summed E-state index contributed by atoms with van der Waals surface area (Å²) in [6.07, 6.45) is 0.892. The van der Waals surface area contributed by atoms with E-state index >= 15 is 0 Å². The number of rotatable bonds is 2. The molecule has 0 bridgehead atoms. The SMILES string of the molecule is CC(=O)N1CCCN(C(C)c2ccc(O)cc2F)CC1. The maximum Gasteiger partial charge on any atom is 0.219 e. The average Bonchev–Trinajstić information content (AvgIpc) is 2.63. The fourth-order valence-corrected chi connectivity index (χ4v) is 2.69. The summed E-state index contributed by atoms with van der Waals surface area (Å²) in [7, 11) is 0. The van der Waals surface area contributed by atoms with Gasteiger partial charge < -0.3 is 10.0 Å². The van der Waals surface area contributed by atoms with E-state index in [2.05, 4.69) is 4.90 Å². The number of carbonyl (C=O) groups excluding carboxylic acids is 1. The number of aromatic hydroxyl groups is 1. The maximum absolute atomic E-state index is 13.9. The third kappa shape index (κ3) is 3.28. The molecule has 1 aromatic rings. The summed E-state index contributed by atoms with van der Waals surface area (Å²) in [6.45, 7) is 6.56. The van der Waals surface area contributed by atoms with Crippen molar-refractivity contribution < 1.29 is 14.3 Å². The summed E-state index contributed by atoms with van der Waals surface area (Å²) in [6, 6.07) is 4.21. The lowest BCUT2D eigenvalue weighted by Crippen LogP contribution is -2.34. The number of phenols is 1. The molecule has 1 aliphatic rings. The number of hydrogen-bond donors (Lipinski definition) is 1. The van der Waals surface area contributed by atoms with E-state index in [9.17, 15) is 14.3 Å². The Labute approximate surface area is 118 Å². The van der Waals surface area contributed by atoms with Crippen LogP contribution in [0.25, 0.3) is 0 Å². The molecule has 1 atom stereocenters. The molecule has 20 heavy (non-hydrogen) atoms. The number of benzene rings is 1. The minimum absolute atomic E-state index is 0.0583. The third-order valence-corrected chi connectivity index (χ3v) is 3.96. The molecule has 1 aromatic carbocycles. The molecule has 2 rings (SSSR count). The fourth-order valence-electron chi connectivity index (χ4n) is 2.69. The lowest BCUT2D eigenvalue weighted by atomic mass is 10.1. The molecular weight excluding hydrogens is 259 g/mol. The van der Waals surface area contributed by atoms with Crippen molar-refractivity contribution >= 4 is 5.91 Å². The van der Waals surface area contributed by atoms with Crippen molar-refractivity contribution in [1.82, 2.24) is 9.80 Å². The summed E-state index contributed by atoms with van der Waals surface area (Å²) in [5.74, 6) is -0.349. The Balaban J connectivity index is 2.09. The molecule has 1 fully saturated rings. The van der Waals surface area contributed by atoms with E-state index in [-0.39, 0.29) is 23.5 Å². The van der Waals surface area contributed by atoms with Gasteiger partial charge >= 0.3 is 0 Å². The maximum atomic E-state index is 13.9. The predicted molar refractivity (Wildman–Crippen MR) is 74.9 cm³/mol. The minimum atomic E-state index is -0.384. The molecule has 0 radical (unpaired) electrons. The van der Waals surface area contributed by atoms with Crippen LogP contribution in [0.2, 0.25) is 0 Å².